The third kappa shape index (κ3) is 2.05. The summed E-state index contributed by atoms with van der Waals surface area (Å²) in [5.41, 5.74) is 2.55. The molecule has 2 nitrogen and oxygen atoms in total. The Labute approximate surface area is 113 Å². The van der Waals surface area contributed by atoms with Crippen molar-refractivity contribution < 1.29 is 4.57 Å². The Morgan fingerprint density at radius 1 is 1.11 bits per heavy atom. The molecule has 1 fully saturated rings. The molecular formula is C15H18ClN2+. The number of halogens is 1. The molecule has 2 aromatic rings. The normalized spacial score (nSPS) is 16.2. The van der Waals surface area contributed by atoms with Gasteiger partial charge in [-0.3, -0.25) is 0 Å². The molecule has 0 spiro atoms. The van der Waals surface area contributed by atoms with E-state index in [1.165, 1.54) is 48.9 Å². The largest absolute Gasteiger partial charge is 0.371 e. The predicted octanol–water partition coefficient (Wildman–Crippen LogP) is 3.31. The molecule has 1 aliphatic rings. The van der Waals surface area contributed by atoms with Crippen LogP contribution >= 0.6 is 11.6 Å². The number of fused-ring (bicyclic) bond motifs is 1. The van der Waals surface area contributed by atoms with Crippen molar-refractivity contribution in [1.82, 2.24) is 0 Å². The highest BCUT2D eigenvalue weighted by molar-refractivity contribution is 6.31. The number of piperidine rings is 1. The van der Waals surface area contributed by atoms with Gasteiger partial charge in [0.25, 0.3) is 0 Å². The van der Waals surface area contributed by atoms with Gasteiger partial charge in [0.05, 0.1) is 11.1 Å². The molecule has 18 heavy (non-hydrogen) atoms. The van der Waals surface area contributed by atoms with E-state index in [0.29, 0.717) is 0 Å². The lowest BCUT2D eigenvalue weighted by Crippen LogP contribution is -2.33. The van der Waals surface area contributed by atoms with Crippen molar-refractivity contribution in [1.29, 1.82) is 0 Å². The number of anilines is 1. The summed E-state index contributed by atoms with van der Waals surface area (Å²) in [6.07, 6.45) is 6.09. The number of benzene rings is 1. The Kier molecular flexibility index (Phi) is 3.13. The summed E-state index contributed by atoms with van der Waals surface area (Å²) in [6.45, 7) is 2.34. The monoisotopic (exact) mass is 261 g/mol. The fraction of sp³-hybridized carbons (Fsp3) is 0.400. The zero-order valence-corrected chi connectivity index (χ0v) is 11.5. The maximum absolute atomic E-state index is 6.10. The second kappa shape index (κ2) is 4.77. The fourth-order valence-electron chi connectivity index (χ4n) is 2.78. The summed E-state index contributed by atoms with van der Waals surface area (Å²) in [5.74, 6) is 0. The highest BCUT2D eigenvalue weighted by Crippen LogP contribution is 2.28. The summed E-state index contributed by atoms with van der Waals surface area (Å²) >= 11 is 6.10. The Balaban J connectivity index is 2.14. The van der Waals surface area contributed by atoms with Gasteiger partial charge in [0.2, 0.25) is 5.52 Å². The minimum absolute atomic E-state index is 0.800. The Bertz CT molecular complexity index is 574. The second-order valence-electron chi connectivity index (χ2n) is 5.02. The first-order valence-electron chi connectivity index (χ1n) is 6.58. The highest BCUT2D eigenvalue weighted by Gasteiger charge is 2.17. The van der Waals surface area contributed by atoms with E-state index in [9.17, 15) is 0 Å². The summed E-state index contributed by atoms with van der Waals surface area (Å²) in [6, 6.07) is 8.39. The minimum Gasteiger partial charge on any atom is -0.371 e. The van der Waals surface area contributed by atoms with Crippen LogP contribution in [0.4, 0.5) is 5.69 Å². The van der Waals surface area contributed by atoms with Crippen LogP contribution < -0.4 is 9.47 Å². The molecule has 2 heterocycles. The van der Waals surface area contributed by atoms with Gasteiger partial charge in [-0.2, -0.15) is 0 Å². The highest BCUT2D eigenvalue weighted by atomic mass is 35.5. The molecule has 1 aliphatic heterocycles. The molecule has 0 aliphatic carbocycles. The molecule has 0 unspecified atom stereocenters. The maximum Gasteiger partial charge on any atom is 0.215 e. The lowest BCUT2D eigenvalue weighted by atomic mass is 10.1. The van der Waals surface area contributed by atoms with Crippen LogP contribution in [0.5, 0.6) is 0 Å². The van der Waals surface area contributed by atoms with E-state index in [4.69, 9.17) is 11.6 Å². The molecule has 94 valence electrons. The van der Waals surface area contributed by atoms with Crippen LogP contribution in [0, 0.1) is 0 Å². The number of aryl methyl sites for hydroxylation is 1. The zero-order chi connectivity index (χ0) is 12.5. The number of hydrogen-bond donors (Lipinski definition) is 0. The Morgan fingerprint density at radius 3 is 2.67 bits per heavy atom. The van der Waals surface area contributed by atoms with Crippen molar-refractivity contribution in [3.05, 3.63) is 35.5 Å². The number of pyridine rings is 1. The molecule has 0 bridgehead atoms. The standard InChI is InChI=1S/C15H18ClN2/c1-17-10-7-14(18-8-3-2-4-9-18)13-6-5-12(16)11-15(13)17/h5-7,10-11H,2-4,8-9H2,1H3/q+1. The number of aromatic nitrogens is 1. The molecule has 0 saturated carbocycles. The molecular weight excluding hydrogens is 244 g/mol. The molecule has 3 heteroatoms. The van der Waals surface area contributed by atoms with Gasteiger partial charge in [0, 0.05) is 30.2 Å². The smallest absolute Gasteiger partial charge is 0.215 e. The Morgan fingerprint density at radius 2 is 1.89 bits per heavy atom. The van der Waals surface area contributed by atoms with Crippen molar-refractivity contribution >= 4 is 28.2 Å². The molecule has 1 aromatic heterocycles. The van der Waals surface area contributed by atoms with Crippen LogP contribution in [0.2, 0.25) is 5.02 Å². The van der Waals surface area contributed by atoms with Crippen molar-refractivity contribution in [3.63, 3.8) is 0 Å². The van der Waals surface area contributed by atoms with Crippen LogP contribution in [0.15, 0.2) is 30.5 Å². The zero-order valence-electron chi connectivity index (χ0n) is 10.7. The molecule has 0 N–H and O–H groups in total. The molecule has 0 amide bonds. The minimum atomic E-state index is 0.800. The third-order valence-electron chi connectivity index (χ3n) is 3.77. The molecule has 1 saturated heterocycles. The first-order chi connectivity index (χ1) is 8.75. The summed E-state index contributed by atoms with van der Waals surface area (Å²) < 4.78 is 2.13. The van der Waals surface area contributed by atoms with Gasteiger partial charge >= 0.3 is 0 Å². The molecule has 0 radical (unpaired) electrons. The Hall–Kier alpha value is -1.28. The van der Waals surface area contributed by atoms with E-state index in [-0.39, 0.29) is 0 Å². The van der Waals surface area contributed by atoms with E-state index < -0.39 is 0 Å². The summed E-state index contributed by atoms with van der Waals surface area (Å²) in [5, 5.41) is 2.10. The summed E-state index contributed by atoms with van der Waals surface area (Å²) in [4.78, 5) is 2.50. The van der Waals surface area contributed by atoms with Crippen molar-refractivity contribution in [2.75, 3.05) is 18.0 Å². The quantitative estimate of drug-likeness (QED) is 0.715. The van der Waals surface area contributed by atoms with E-state index in [0.717, 1.165) is 5.02 Å². The van der Waals surface area contributed by atoms with Gasteiger partial charge in [-0.1, -0.05) is 11.6 Å². The van der Waals surface area contributed by atoms with Crippen LogP contribution in [0.1, 0.15) is 19.3 Å². The van der Waals surface area contributed by atoms with Gasteiger partial charge in [0.1, 0.15) is 7.05 Å². The predicted molar refractivity (Wildman–Crippen MR) is 76.2 cm³/mol. The number of hydrogen-bond acceptors (Lipinski definition) is 1. The van der Waals surface area contributed by atoms with Gasteiger partial charge in [0.15, 0.2) is 6.20 Å². The fourth-order valence-corrected chi connectivity index (χ4v) is 2.94. The van der Waals surface area contributed by atoms with Crippen LogP contribution in [-0.2, 0) is 7.05 Å². The number of nitrogens with zero attached hydrogens (tertiary/aromatic N) is 2. The molecule has 1 aromatic carbocycles. The van der Waals surface area contributed by atoms with Crippen LogP contribution in [0.25, 0.3) is 10.9 Å². The van der Waals surface area contributed by atoms with Crippen LogP contribution in [0.3, 0.4) is 0 Å². The van der Waals surface area contributed by atoms with Crippen molar-refractivity contribution in [3.8, 4) is 0 Å². The van der Waals surface area contributed by atoms with E-state index in [1.807, 2.05) is 12.1 Å². The van der Waals surface area contributed by atoms with Crippen LogP contribution in [-0.4, -0.2) is 13.1 Å². The lowest BCUT2D eigenvalue weighted by Gasteiger charge is -2.29. The molecule has 0 atom stereocenters. The van der Waals surface area contributed by atoms with Crippen molar-refractivity contribution in [2.24, 2.45) is 7.05 Å². The first kappa shape index (κ1) is 11.8. The van der Waals surface area contributed by atoms with Gasteiger partial charge in [-0.25, -0.2) is 4.57 Å². The van der Waals surface area contributed by atoms with E-state index in [2.05, 4.69) is 34.8 Å². The molecule has 3 rings (SSSR count). The average molecular weight is 262 g/mol. The number of rotatable bonds is 1. The van der Waals surface area contributed by atoms with Gasteiger partial charge < -0.3 is 4.90 Å². The van der Waals surface area contributed by atoms with E-state index >= 15 is 0 Å². The third-order valence-corrected chi connectivity index (χ3v) is 4.00. The first-order valence-corrected chi connectivity index (χ1v) is 6.96. The SMILES string of the molecule is C[n+]1ccc(N2CCCCC2)c2ccc(Cl)cc21. The topological polar surface area (TPSA) is 7.12 Å². The van der Waals surface area contributed by atoms with Gasteiger partial charge in [-0.15, -0.1) is 0 Å². The average Bonchev–Trinajstić information content (AvgIpc) is 2.41. The summed E-state index contributed by atoms with van der Waals surface area (Å²) in [7, 11) is 2.07. The van der Waals surface area contributed by atoms with Gasteiger partial charge in [-0.05, 0) is 31.4 Å². The maximum atomic E-state index is 6.10. The van der Waals surface area contributed by atoms with Crippen molar-refractivity contribution in [2.45, 2.75) is 19.3 Å². The second-order valence-corrected chi connectivity index (χ2v) is 5.46. The lowest BCUT2D eigenvalue weighted by molar-refractivity contribution is -0.644. The van der Waals surface area contributed by atoms with E-state index in [1.54, 1.807) is 0 Å².